The first-order valence-electron chi connectivity index (χ1n) is 11.8. The van der Waals surface area contributed by atoms with Gasteiger partial charge in [0, 0.05) is 24.2 Å². The molecule has 1 N–H and O–H groups in total. The smallest absolute Gasteiger partial charge is 0.139 e. The molecule has 2 heterocycles. The molecule has 32 heavy (non-hydrogen) atoms. The van der Waals surface area contributed by atoms with Gasteiger partial charge in [-0.2, -0.15) is 0 Å². The highest BCUT2D eigenvalue weighted by Crippen LogP contribution is 2.34. The van der Waals surface area contributed by atoms with Gasteiger partial charge in [-0.1, -0.05) is 72.5 Å². The van der Waals surface area contributed by atoms with Gasteiger partial charge in [0.15, 0.2) is 0 Å². The molecule has 0 amide bonds. The van der Waals surface area contributed by atoms with Crippen LogP contribution in [0.2, 0.25) is 0 Å². The van der Waals surface area contributed by atoms with Crippen LogP contribution in [0.4, 0.5) is 0 Å². The highest BCUT2D eigenvalue weighted by Gasteiger charge is 2.36. The molecule has 0 aromatic heterocycles. The van der Waals surface area contributed by atoms with Gasteiger partial charge in [-0.3, -0.25) is 4.90 Å². The van der Waals surface area contributed by atoms with Gasteiger partial charge in [-0.05, 0) is 40.0 Å². The predicted octanol–water partition coefficient (Wildman–Crippen LogP) is 0.722. The number of benzene rings is 2. The van der Waals surface area contributed by atoms with Gasteiger partial charge >= 0.3 is 0 Å². The van der Waals surface area contributed by atoms with E-state index < -0.39 is 0 Å². The average Bonchev–Trinajstić information content (AvgIpc) is 2.76. The number of nitrogens with zero attached hydrogens (tertiary/aromatic N) is 1. The quantitative estimate of drug-likeness (QED) is 0.688. The standard InChI is InChI=1S/C28H36N2O.ClH/c1-27(2)16-10-17-28(3,31-27)18-11-19-29-20-22-30(23-21-29)26(24-12-6-4-7-13-24)25-14-8-5-9-15-25;/h4-9,12-15,26H,10,16-17,19-23H2,1-3H3;1H. The minimum Gasteiger partial charge on any atom is -1.00 e. The van der Waals surface area contributed by atoms with Crippen LogP contribution in [0.1, 0.15) is 57.2 Å². The molecule has 2 fully saturated rings. The SMILES string of the molecule is CC1(C)CCCC(C)(C#CCN2CC[NH+](C(c3ccccc3)c3ccccc3)CC2)O1.[Cl-]. The van der Waals surface area contributed by atoms with E-state index in [9.17, 15) is 0 Å². The Kier molecular flexibility index (Phi) is 8.42. The van der Waals surface area contributed by atoms with Gasteiger partial charge in [0.2, 0.25) is 0 Å². The van der Waals surface area contributed by atoms with Gasteiger partial charge in [0.05, 0.1) is 25.2 Å². The van der Waals surface area contributed by atoms with Crippen molar-refractivity contribution in [3.8, 4) is 11.8 Å². The third-order valence-corrected chi connectivity index (χ3v) is 6.76. The Morgan fingerprint density at radius 1 is 0.906 bits per heavy atom. The third kappa shape index (κ3) is 6.36. The number of halogens is 1. The molecule has 3 nitrogen and oxygen atoms in total. The van der Waals surface area contributed by atoms with Gasteiger partial charge in [-0.15, -0.1) is 0 Å². The van der Waals surface area contributed by atoms with Crippen molar-refractivity contribution in [3.63, 3.8) is 0 Å². The molecular weight excluding hydrogens is 416 g/mol. The van der Waals surface area contributed by atoms with Crippen LogP contribution in [0.15, 0.2) is 60.7 Å². The molecule has 172 valence electrons. The molecule has 1 atom stereocenters. The van der Waals surface area contributed by atoms with Crippen LogP contribution in [-0.4, -0.2) is 48.8 Å². The zero-order chi connectivity index (χ0) is 21.7. The summed E-state index contributed by atoms with van der Waals surface area (Å²) in [5, 5.41) is 0. The fraction of sp³-hybridized carbons (Fsp3) is 0.500. The summed E-state index contributed by atoms with van der Waals surface area (Å²) in [6.07, 6.45) is 3.36. The van der Waals surface area contributed by atoms with Crippen LogP contribution in [0.25, 0.3) is 0 Å². The Balaban J connectivity index is 0.00000289. The van der Waals surface area contributed by atoms with E-state index in [4.69, 9.17) is 4.74 Å². The van der Waals surface area contributed by atoms with E-state index in [1.807, 2.05) is 0 Å². The molecule has 0 spiro atoms. The summed E-state index contributed by atoms with van der Waals surface area (Å²) < 4.78 is 6.30. The maximum absolute atomic E-state index is 6.30. The fourth-order valence-electron chi connectivity index (χ4n) is 5.23. The Morgan fingerprint density at radius 2 is 1.47 bits per heavy atom. The van der Waals surface area contributed by atoms with E-state index in [2.05, 4.69) is 98.2 Å². The Bertz CT molecular complexity index is 858. The molecule has 1 unspecified atom stereocenters. The molecular formula is C28H37ClN2O. The third-order valence-electron chi connectivity index (χ3n) is 6.76. The van der Waals surface area contributed by atoms with E-state index in [1.165, 1.54) is 17.5 Å². The lowest BCUT2D eigenvalue weighted by Crippen LogP contribution is -3.15. The molecule has 0 saturated carbocycles. The van der Waals surface area contributed by atoms with Crippen LogP contribution in [-0.2, 0) is 4.74 Å². The lowest BCUT2D eigenvalue weighted by molar-refractivity contribution is -0.929. The molecule has 2 aliphatic heterocycles. The lowest BCUT2D eigenvalue weighted by atomic mass is 9.88. The summed E-state index contributed by atoms with van der Waals surface area (Å²) in [6, 6.07) is 22.3. The number of rotatable bonds is 4. The van der Waals surface area contributed by atoms with E-state index >= 15 is 0 Å². The van der Waals surface area contributed by atoms with Gasteiger partial charge in [0.25, 0.3) is 0 Å². The maximum Gasteiger partial charge on any atom is 0.139 e. The second kappa shape index (κ2) is 10.9. The lowest BCUT2D eigenvalue weighted by Gasteiger charge is -2.40. The van der Waals surface area contributed by atoms with E-state index in [-0.39, 0.29) is 23.6 Å². The Hall–Kier alpha value is -1.83. The normalized spacial score (nSPS) is 23.8. The van der Waals surface area contributed by atoms with Crippen LogP contribution < -0.4 is 17.3 Å². The largest absolute Gasteiger partial charge is 1.00 e. The number of quaternary nitrogens is 1. The second-order valence-corrected chi connectivity index (χ2v) is 9.94. The minimum atomic E-state index is -0.291. The number of ether oxygens (including phenoxy) is 1. The highest BCUT2D eigenvalue weighted by molar-refractivity contribution is 5.29. The number of piperazine rings is 1. The highest BCUT2D eigenvalue weighted by atomic mass is 35.5. The summed E-state index contributed by atoms with van der Waals surface area (Å²) in [7, 11) is 0. The molecule has 2 aromatic carbocycles. The summed E-state index contributed by atoms with van der Waals surface area (Å²) in [5.74, 6) is 6.92. The van der Waals surface area contributed by atoms with Gasteiger partial charge < -0.3 is 22.0 Å². The molecule has 0 radical (unpaired) electrons. The summed E-state index contributed by atoms with van der Waals surface area (Å²) >= 11 is 0. The monoisotopic (exact) mass is 452 g/mol. The van der Waals surface area contributed by atoms with Crippen molar-refractivity contribution in [2.24, 2.45) is 0 Å². The number of nitrogens with one attached hydrogen (secondary N) is 1. The number of hydrogen-bond acceptors (Lipinski definition) is 2. The first kappa shape index (κ1) is 24.8. The van der Waals surface area contributed by atoms with Crippen molar-refractivity contribution in [3.05, 3.63) is 71.8 Å². The zero-order valence-corrected chi connectivity index (χ0v) is 20.5. The van der Waals surface area contributed by atoms with Crippen molar-refractivity contribution in [2.45, 2.75) is 57.3 Å². The van der Waals surface area contributed by atoms with E-state index in [0.717, 1.165) is 45.6 Å². The van der Waals surface area contributed by atoms with Crippen molar-refractivity contribution < 1.29 is 22.0 Å². The summed E-state index contributed by atoms with van der Waals surface area (Å²) in [5.41, 5.74) is 2.46. The van der Waals surface area contributed by atoms with Crippen molar-refractivity contribution in [1.29, 1.82) is 0 Å². The molecule has 2 aliphatic rings. The fourth-order valence-corrected chi connectivity index (χ4v) is 5.23. The molecule has 4 rings (SSSR count). The van der Waals surface area contributed by atoms with Crippen molar-refractivity contribution in [1.82, 2.24) is 4.90 Å². The molecule has 0 bridgehead atoms. The van der Waals surface area contributed by atoms with Crippen LogP contribution in [0, 0.1) is 11.8 Å². The predicted molar refractivity (Wildman–Crippen MR) is 127 cm³/mol. The summed E-state index contributed by atoms with van der Waals surface area (Å²) in [4.78, 5) is 4.15. The van der Waals surface area contributed by atoms with Crippen LogP contribution in [0.5, 0.6) is 0 Å². The average molecular weight is 453 g/mol. The zero-order valence-electron chi connectivity index (χ0n) is 19.7. The molecule has 2 aromatic rings. The second-order valence-electron chi connectivity index (χ2n) is 9.94. The van der Waals surface area contributed by atoms with Crippen LogP contribution >= 0.6 is 0 Å². The molecule has 4 heteroatoms. The first-order valence-corrected chi connectivity index (χ1v) is 11.8. The van der Waals surface area contributed by atoms with E-state index in [0.29, 0.717) is 6.04 Å². The first-order chi connectivity index (χ1) is 14.9. The Labute approximate surface area is 200 Å². The maximum atomic E-state index is 6.30. The van der Waals surface area contributed by atoms with Gasteiger partial charge in [0.1, 0.15) is 11.6 Å². The van der Waals surface area contributed by atoms with Gasteiger partial charge in [-0.25, -0.2) is 0 Å². The molecule has 2 saturated heterocycles. The minimum absolute atomic E-state index is 0. The van der Waals surface area contributed by atoms with Crippen LogP contribution in [0.3, 0.4) is 0 Å². The molecule has 0 aliphatic carbocycles. The summed E-state index contributed by atoms with van der Waals surface area (Å²) in [6.45, 7) is 11.8. The topological polar surface area (TPSA) is 16.9 Å². The van der Waals surface area contributed by atoms with Crippen molar-refractivity contribution in [2.75, 3.05) is 32.7 Å². The number of hydrogen-bond donors (Lipinski definition) is 1. The van der Waals surface area contributed by atoms with Crippen molar-refractivity contribution >= 4 is 0 Å². The Morgan fingerprint density at radius 3 is 2.00 bits per heavy atom. The van der Waals surface area contributed by atoms with E-state index in [1.54, 1.807) is 4.90 Å².